The number of aryl methyl sites for hydroxylation is 1. The van der Waals surface area contributed by atoms with Crippen LogP contribution in [-0.2, 0) is 4.74 Å². The first-order valence-corrected chi connectivity index (χ1v) is 6.72. The zero-order chi connectivity index (χ0) is 13.2. The molecule has 2 N–H and O–H groups in total. The van der Waals surface area contributed by atoms with Crippen LogP contribution in [0.15, 0.2) is 24.3 Å². The molecule has 2 heterocycles. The van der Waals surface area contributed by atoms with E-state index in [1.165, 1.54) is 0 Å². The fraction of sp³-hybridized carbons (Fsp3) is 0.400. The third-order valence-corrected chi connectivity index (χ3v) is 3.62. The highest BCUT2D eigenvalue weighted by molar-refractivity contribution is 5.98. The molecule has 19 heavy (non-hydrogen) atoms. The molecule has 1 amide bonds. The van der Waals surface area contributed by atoms with Gasteiger partial charge in [-0.05, 0) is 31.4 Å². The number of carbonyl (C=O) groups excluding carboxylic acids is 1. The Morgan fingerprint density at radius 3 is 3.16 bits per heavy atom. The third kappa shape index (κ3) is 2.49. The third-order valence-electron chi connectivity index (χ3n) is 3.62. The number of fused-ring (bicyclic) bond motifs is 1. The van der Waals surface area contributed by atoms with Gasteiger partial charge in [-0.25, -0.2) is 0 Å². The van der Waals surface area contributed by atoms with Gasteiger partial charge in [-0.3, -0.25) is 4.79 Å². The van der Waals surface area contributed by atoms with Gasteiger partial charge in [0.1, 0.15) is 5.69 Å². The number of para-hydroxylation sites is 1. The number of aromatic amines is 1. The first kappa shape index (κ1) is 12.2. The molecule has 4 nitrogen and oxygen atoms in total. The summed E-state index contributed by atoms with van der Waals surface area (Å²) < 4.78 is 5.49. The number of hydrogen-bond acceptors (Lipinski definition) is 2. The van der Waals surface area contributed by atoms with Crippen LogP contribution in [0.25, 0.3) is 10.9 Å². The van der Waals surface area contributed by atoms with Gasteiger partial charge in [-0.15, -0.1) is 0 Å². The summed E-state index contributed by atoms with van der Waals surface area (Å²) in [6.07, 6.45) is 2.30. The minimum Gasteiger partial charge on any atom is -0.376 e. The molecule has 1 aromatic carbocycles. The maximum absolute atomic E-state index is 12.1. The zero-order valence-electron chi connectivity index (χ0n) is 11.0. The molecular weight excluding hydrogens is 240 g/mol. The summed E-state index contributed by atoms with van der Waals surface area (Å²) in [6.45, 7) is 3.44. The van der Waals surface area contributed by atoms with Crippen molar-refractivity contribution in [3.8, 4) is 0 Å². The molecule has 1 aromatic heterocycles. The Morgan fingerprint density at radius 2 is 2.42 bits per heavy atom. The molecule has 1 atom stereocenters. The number of hydrogen-bond donors (Lipinski definition) is 2. The van der Waals surface area contributed by atoms with E-state index >= 15 is 0 Å². The van der Waals surface area contributed by atoms with Gasteiger partial charge in [-0.1, -0.05) is 18.2 Å². The summed E-state index contributed by atoms with van der Waals surface area (Å²) in [7, 11) is 0. The first-order chi connectivity index (χ1) is 9.24. The van der Waals surface area contributed by atoms with Crippen LogP contribution in [0.1, 0.15) is 28.9 Å². The molecule has 2 aromatic rings. The topological polar surface area (TPSA) is 54.1 Å². The molecule has 0 bridgehead atoms. The molecule has 1 aliphatic rings. The lowest BCUT2D eigenvalue weighted by Crippen LogP contribution is -2.31. The minimum absolute atomic E-state index is 0.0638. The number of rotatable bonds is 3. The van der Waals surface area contributed by atoms with Crippen molar-refractivity contribution in [3.05, 3.63) is 35.5 Å². The number of carbonyl (C=O) groups is 1. The summed E-state index contributed by atoms with van der Waals surface area (Å²) in [5.74, 6) is -0.0638. The number of amides is 1. The van der Waals surface area contributed by atoms with Crippen LogP contribution < -0.4 is 5.32 Å². The molecule has 4 heteroatoms. The second-order valence-corrected chi connectivity index (χ2v) is 5.07. The van der Waals surface area contributed by atoms with Crippen LogP contribution in [-0.4, -0.2) is 30.1 Å². The van der Waals surface area contributed by atoms with Gasteiger partial charge in [0, 0.05) is 24.1 Å². The van der Waals surface area contributed by atoms with E-state index in [1.807, 2.05) is 31.2 Å². The molecule has 3 rings (SSSR count). The lowest BCUT2D eigenvalue weighted by molar-refractivity contribution is 0.0854. The van der Waals surface area contributed by atoms with E-state index in [2.05, 4.69) is 10.3 Å². The quantitative estimate of drug-likeness (QED) is 0.888. The molecule has 1 saturated heterocycles. The fourth-order valence-corrected chi connectivity index (χ4v) is 2.54. The Bertz CT molecular complexity index is 597. The zero-order valence-corrected chi connectivity index (χ0v) is 11.0. The number of ether oxygens (including phenoxy) is 1. The van der Waals surface area contributed by atoms with E-state index in [-0.39, 0.29) is 12.0 Å². The van der Waals surface area contributed by atoms with Crippen molar-refractivity contribution < 1.29 is 9.53 Å². The van der Waals surface area contributed by atoms with Crippen molar-refractivity contribution in [2.45, 2.75) is 25.9 Å². The van der Waals surface area contributed by atoms with Crippen LogP contribution in [0.4, 0.5) is 0 Å². The molecular formula is C15H18N2O2. The minimum atomic E-state index is -0.0638. The van der Waals surface area contributed by atoms with E-state index in [1.54, 1.807) is 0 Å². The fourth-order valence-electron chi connectivity index (χ4n) is 2.54. The van der Waals surface area contributed by atoms with E-state index in [9.17, 15) is 4.79 Å². The van der Waals surface area contributed by atoms with Gasteiger partial charge < -0.3 is 15.0 Å². The van der Waals surface area contributed by atoms with E-state index in [0.29, 0.717) is 12.2 Å². The van der Waals surface area contributed by atoms with Crippen molar-refractivity contribution in [2.75, 3.05) is 13.2 Å². The largest absolute Gasteiger partial charge is 0.376 e. The highest BCUT2D eigenvalue weighted by Gasteiger charge is 2.17. The van der Waals surface area contributed by atoms with Gasteiger partial charge in [-0.2, -0.15) is 0 Å². The number of nitrogens with one attached hydrogen (secondary N) is 2. The molecule has 0 radical (unpaired) electrons. The van der Waals surface area contributed by atoms with Gasteiger partial charge >= 0.3 is 0 Å². The van der Waals surface area contributed by atoms with E-state index < -0.39 is 0 Å². The monoisotopic (exact) mass is 258 g/mol. The van der Waals surface area contributed by atoms with Crippen LogP contribution >= 0.6 is 0 Å². The average Bonchev–Trinajstić information content (AvgIpc) is 3.05. The second kappa shape index (κ2) is 5.05. The number of benzene rings is 1. The van der Waals surface area contributed by atoms with E-state index in [4.69, 9.17) is 4.74 Å². The highest BCUT2D eigenvalue weighted by Crippen LogP contribution is 2.19. The molecule has 0 saturated carbocycles. The van der Waals surface area contributed by atoms with Crippen LogP contribution in [0.2, 0.25) is 0 Å². The summed E-state index contributed by atoms with van der Waals surface area (Å²) in [4.78, 5) is 15.3. The second-order valence-electron chi connectivity index (χ2n) is 5.07. The summed E-state index contributed by atoms with van der Waals surface area (Å²) >= 11 is 0. The molecule has 100 valence electrons. The Morgan fingerprint density at radius 1 is 1.53 bits per heavy atom. The SMILES string of the molecule is Cc1cccc2cc(C(=O)NCC3CCCO3)[nH]c12. The van der Waals surface area contributed by atoms with Gasteiger partial charge in [0.05, 0.1) is 6.10 Å². The van der Waals surface area contributed by atoms with Crippen molar-refractivity contribution >= 4 is 16.8 Å². The Kier molecular flexibility index (Phi) is 3.25. The Labute approximate surface area is 112 Å². The first-order valence-electron chi connectivity index (χ1n) is 6.72. The summed E-state index contributed by atoms with van der Waals surface area (Å²) in [5, 5.41) is 4.00. The Hall–Kier alpha value is -1.81. The Balaban J connectivity index is 1.72. The molecule has 1 unspecified atom stereocenters. The predicted octanol–water partition coefficient (Wildman–Crippen LogP) is 2.39. The van der Waals surface area contributed by atoms with Crippen LogP contribution in [0.5, 0.6) is 0 Å². The van der Waals surface area contributed by atoms with Crippen molar-refractivity contribution in [3.63, 3.8) is 0 Å². The van der Waals surface area contributed by atoms with Gasteiger partial charge in [0.25, 0.3) is 5.91 Å². The normalized spacial score (nSPS) is 18.9. The number of H-pyrrole nitrogens is 1. The lowest BCUT2D eigenvalue weighted by Gasteiger charge is -2.09. The average molecular weight is 258 g/mol. The summed E-state index contributed by atoms with van der Waals surface area (Å²) in [6, 6.07) is 7.94. The van der Waals surface area contributed by atoms with Crippen molar-refractivity contribution in [1.82, 2.24) is 10.3 Å². The maximum Gasteiger partial charge on any atom is 0.267 e. The van der Waals surface area contributed by atoms with Gasteiger partial charge in [0.15, 0.2) is 0 Å². The summed E-state index contributed by atoms with van der Waals surface area (Å²) in [5.41, 5.74) is 2.79. The van der Waals surface area contributed by atoms with Crippen LogP contribution in [0.3, 0.4) is 0 Å². The number of aromatic nitrogens is 1. The lowest BCUT2D eigenvalue weighted by atomic mass is 10.2. The standard InChI is InChI=1S/C15H18N2O2/c1-10-4-2-5-11-8-13(17-14(10)11)15(18)16-9-12-6-3-7-19-12/h2,4-5,8,12,17H,3,6-7,9H2,1H3,(H,16,18). The molecule has 0 aliphatic carbocycles. The van der Waals surface area contributed by atoms with Crippen molar-refractivity contribution in [1.29, 1.82) is 0 Å². The predicted molar refractivity (Wildman–Crippen MR) is 74.3 cm³/mol. The van der Waals surface area contributed by atoms with Gasteiger partial charge in [0.2, 0.25) is 0 Å². The molecule has 1 fully saturated rings. The molecule has 1 aliphatic heterocycles. The van der Waals surface area contributed by atoms with Crippen molar-refractivity contribution in [2.24, 2.45) is 0 Å². The maximum atomic E-state index is 12.1. The van der Waals surface area contributed by atoms with E-state index in [0.717, 1.165) is 35.9 Å². The van der Waals surface area contributed by atoms with Crippen LogP contribution in [0, 0.1) is 6.92 Å². The molecule has 0 spiro atoms. The highest BCUT2D eigenvalue weighted by atomic mass is 16.5. The smallest absolute Gasteiger partial charge is 0.267 e.